The molecule has 0 spiro atoms. The molecule has 7 nitrogen and oxygen atoms in total. The second kappa shape index (κ2) is 5.13. The van der Waals surface area contributed by atoms with E-state index in [9.17, 15) is 4.79 Å². The zero-order valence-electron chi connectivity index (χ0n) is 11.6. The Morgan fingerprint density at radius 3 is 2.74 bits per heavy atom. The van der Waals surface area contributed by atoms with Gasteiger partial charge in [-0.3, -0.25) is 14.7 Å². The van der Waals surface area contributed by atoms with Crippen molar-refractivity contribution in [2.24, 2.45) is 14.1 Å². The predicted molar refractivity (Wildman–Crippen MR) is 71.6 cm³/mol. The van der Waals surface area contributed by atoms with Gasteiger partial charge in [0.25, 0.3) is 0 Å². The first-order chi connectivity index (χ1) is 8.95. The average molecular weight is 262 g/mol. The lowest BCUT2D eigenvalue weighted by molar-refractivity contribution is 0.220. The molecule has 0 atom stereocenters. The molecule has 2 aromatic rings. The fourth-order valence-electron chi connectivity index (χ4n) is 1.83. The number of carbonyl (C=O) groups is 1. The van der Waals surface area contributed by atoms with Gasteiger partial charge in [-0.2, -0.15) is 10.2 Å². The molecule has 0 unspecified atom stereocenters. The van der Waals surface area contributed by atoms with Gasteiger partial charge in [0.2, 0.25) is 0 Å². The monoisotopic (exact) mass is 262 g/mol. The van der Waals surface area contributed by atoms with Gasteiger partial charge in [0, 0.05) is 39.0 Å². The molecule has 0 bridgehead atoms. The Bertz CT molecular complexity index is 585. The van der Waals surface area contributed by atoms with Crippen LogP contribution in [0.25, 0.3) is 0 Å². The average Bonchev–Trinajstić information content (AvgIpc) is 2.85. The summed E-state index contributed by atoms with van der Waals surface area (Å²) in [4.78, 5) is 13.6. The third-order valence-electron chi connectivity index (χ3n) is 2.76. The van der Waals surface area contributed by atoms with Crippen LogP contribution in [0, 0.1) is 6.92 Å². The van der Waals surface area contributed by atoms with E-state index < -0.39 is 0 Å². The number of aromatic nitrogens is 4. The first-order valence-corrected chi connectivity index (χ1v) is 5.96. The van der Waals surface area contributed by atoms with Crippen molar-refractivity contribution < 1.29 is 4.79 Å². The topological polar surface area (TPSA) is 68.0 Å². The van der Waals surface area contributed by atoms with E-state index in [1.807, 2.05) is 26.2 Å². The minimum Gasteiger partial charge on any atom is -0.323 e. The number of hydrogen-bond acceptors (Lipinski definition) is 3. The highest BCUT2D eigenvalue weighted by atomic mass is 16.2. The van der Waals surface area contributed by atoms with Gasteiger partial charge in [0.15, 0.2) is 0 Å². The van der Waals surface area contributed by atoms with Gasteiger partial charge in [-0.1, -0.05) is 0 Å². The second-order valence-corrected chi connectivity index (χ2v) is 4.60. The van der Waals surface area contributed by atoms with Crippen LogP contribution in [0.15, 0.2) is 18.5 Å². The Labute approximate surface area is 111 Å². The first-order valence-electron chi connectivity index (χ1n) is 5.96. The van der Waals surface area contributed by atoms with Crippen LogP contribution >= 0.6 is 0 Å². The lowest BCUT2D eigenvalue weighted by atomic mass is 10.3. The summed E-state index contributed by atoms with van der Waals surface area (Å²) in [6.45, 7) is 2.39. The van der Waals surface area contributed by atoms with Gasteiger partial charge in [0.05, 0.1) is 18.4 Å². The zero-order valence-corrected chi connectivity index (χ0v) is 11.6. The summed E-state index contributed by atoms with van der Waals surface area (Å²) in [5.74, 6) is 0.681. The summed E-state index contributed by atoms with van der Waals surface area (Å²) in [7, 11) is 5.39. The van der Waals surface area contributed by atoms with Gasteiger partial charge in [0.1, 0.15) is 5.82 Å². The van der Waals surface area contributed by atoms with Crippen LogP contribution in [-0.2, 0) is 20.6 Å². The summed E-state index contributed by atoms with van der Waals surface area (Å²) >= 11 is 0. The quantitative estimate of drug-likeness (QED) is 0.901. The van der Waals surface area contributed by atoms with E-state index in [2.05, 4.69) is 15.5 Å². The summed E-state index contributed by atoms with van der Waals surface area (Å²) in [5.41, 5.74) is 1.86. The first kappa shape index (κ1) is 13.1. The zero-order chi connectivity index (χ0) is 14.0. The fraction of sp³-hybridized carbons (Fsp3) is 0.417. The van der Waals surface area contributed by atoms with E-state index in [0.29, 0.717) is 12.4 Å². The Kier molecular flexibility index (Phi) is 3.55. The van der Waals surface area contributed by atoms with Crippen LogP contribution in [0.4, 0.5) is 10.6 Å². The largest absolute Gasteiger partial charge is 0.323 e. The molecule has 0 aromatic carbocycles. The SMILES string of the molecule is Cc1cc(NC(=O)N(C)Cc2cnn(C)c2)n(C)n1. The highest BCUT2D eigenvalue weighted by Crippen LogP contribution is 2.09. The van der Waals surface area contributed by atoms with Gasteiger partial charge in [-0.05, 0) is 6.92 Å². The number of hydrogen-bond donors (Lipinski definition) is 1. The molecule has 7 heteroatoms. The highest BCUT2D eigenvalue weighted by molar-refractivity contribution is 5.88. The molecule has 0 aliphatic rings. The summed E-state index contributed by atoms with van der Waals surface area (Å²) in [6, 6.07) is 1.65. The van der Waals surface area contributed by atoms with Crippen LogP contribution in [0.3, 0.4) is 0 Å². The fourth-order valence-corrected chi connectivity index (χ4v) is 1.83. The van der Waals surface area contributed by atoms with E-state index in [0.717, 1.165) is 11.3 Å². The molecular weight excluding hydrogens is 244 g/mol. The van der Waals surface area contributed by atoms with Crippen LogP contribution in [0.1, 0.15) is 11.3 Å². The van der Waals surface area contributed by atoms with Crippen molar-refractivity contribution in [3.63, 3.8) is 0 Å². The lowest BCUT2D eigenvalue weighted by Crippen LogP contribution is -2.31. The molecule has 19 heavy (non-hydrogen) atoms. The Hall–Kier alpha value is -2.31. The molecule has 2 heterocycles. The number of rotatable bonds is 3. The van der Waals surface area contributed by atoms with Gasteiger partial charge in [-0.25, -0.2) is 4.79 Å². The van der Waals surface area contributed by atoms with Gasteiger partial charge >= 0.3 is 6.03 Å². The molecule has 0 aliphatic carbocycles. The molecular formula is C12H18N6O. The van der Waals surface area contributed by atoms with E-state index in [4.69, 9.17) is 0 Å². The van der Waals surface area contributed by atoms with Crippen molar-refractivity contribution in [1.29, 1.82) is 0 Å². The number of nitrogens with one attached hydrogen (secondary N) is 1. The number of urea groups is 1. The number of carbonyl (C=O) groups excluding carboxylic acids is 1. The molecule has 2 aromatic heterocycles. The van der Waals surface area contributed by atoms with Crippen molar-refractivity contribution in [2.45, 2.75) is 13.5 Å². The maximum absolute atomic E-state index is 12.0. The number of aryl methyl sites for hydroxylation is 3. The molecule has 2 amide bonds. The number of amides is 2. The Morgan fingerprint density at radius 1 is 1.47 bits per heavy atom. The highest BCUT2D eigenvalue weighted by Gasteiger charge is 2.12. The van der Waals surface area contributed by atoms with Gasteiger partial charge < -0.3 is 4.90 Å². The molecule has 0 fully saturated rings. The van der Waals surface area contributed by atoms with Crippen molar-refractivity contribution in [1.82, 2.24) is 24.5 Å². The summed E-state index contributed by atoms with van der Waals surface area (Å²) in [6.07, 6.45) is 3.63. The second-order valence-electron chi connectivity index (χ2n) is 4.60. The summed E-state index contributed by atoms with van der Waals surface area (Å²) in [5, 5.41) is 11.1. The Balaban J connectivity index is 1.97. The maximum atomic E-state index is 12.0. The van der Waals surface area contributed by atoms with Crippen molar-refractivity contribution in [3.8, 4) is 0 Å². The van der Waals surface area contributed by atoms with Crippen molar-refractivity contribution >= 4 is 11.8 Å². The van der Waals surface area contributed by atoms with Crippen LogP contribution in [-0.4, -0.2) is 37.5 Å². The molecule has 2 rings (SSSR count). The van der Waals surface area contributed by atoms with E-state index in [-0.39, 0.29) is 6.03 Å². The van der Waals surface area contributed by atoms with Crippen molar-refractivity contribution in [3.05, 3.63) is 29.7 Å². The normalized spacial score (nSPS) is 10.5. The molecule has 0 aliphatic heterocycles. The van der Waals surface area contributed by atoms with Crippen LogP contribution < -0.4 is 5.32 Å². The number of nitrogens with zero attached hydrogens (tertiary/aromatic N) is 5. The molecule has 1 N–H and O–H groups in total. The third kappa shape index (κ3) is 3.12. The molecule has 0 saturated carbocycles. The molecule has 0 radical (unpaired) electrons. The van der Waals surface area contributed by atoms with Crippen molar-refractivity contribution in [2.75, 3.05) is 12.4 Å². The van der Waals surface area contributed by atoms with Crippen LogP contribution in [0.5, 0.6) is 0 Å². The predicted octanol–water partition coefficient (Wildman–Crippen LogP) is 1.13. The van der Waals surface area contributed by atoms with Gasteiger partial charge in [-0.15, -0.1) is 0 Å². The minimum atomic E-state index is -0.174. The smallest absolute Gasteiger partial charge is 0.323 e. The lowest BCUT2D eigenvalue weighted by Gasteiger charge is -2.16. The van der Waals surface area contributed by atoms with Crippen LogP contribution in [0.2, 0.25) is 0 Å². The van der Waals surface area contributed by atoms with E-state index in [1.54, 1.807) is 34.6 Å². The Morgan fingerprint density at radius 2 is 2.21 bits per heavy atom. The summed E-state index contributed by atoms with van der Waals surface area (Å²) < 4.78 is 3.36. The van der Waals surface area contributed by atoms with E-state index in [1.165, 1.54) is 0 Å². The van der Waals surface area contributed by atoms with E-state index >= 15 is 0 Å². The standard InChI is InChI=1S/C12H18N6O/c1-9-5-11(18(4)15-9)14-12(19)16(2)7-10-6-13-17(3)8-10/h5-6,8H,7H2,1-4H3,(H,14,19). The third-order valence-corrected chi connectivity index (χ3v) is 2.76. The minimum absolute atomic E-state index is 0.174. The maximum Gasteiger partial charge on any atom is 0.323 e. The number of anilines is 1. The molecule has 102 valence electrons. The molecule has 0 saturated heterocycles.